The molecule has 1 heterocycles. The molecule has 0 amide bonds. The smallest absolute Gasteiger partial charge is 0.271 e. The summed E-state index contributed by atoms with van der Waals surface area (Å²) in [5.74, 6) is 0. The first kappa shape index (κ1) is 8.96. The van der Waals surface area contributed by atoms with Crippen molar-refractivity contribution in [1.29, 1.82) is 0 Å². The third kappa shape index (κ3) is 1.82. The number of nitrogens with zero attached hydrogens (tertiary/aromatic N) is 1. The minimum absolute atomic E-state index is 0.107. The molecule has 0 aromatic heterocycles. The topological polar surface area (TPSA) is 64.4 Å². The van der Waals surface area contributed by atoms with Gasteiger partial charge in [0.05, 0.1) is 24.2 Å². The molecule has 74 valence electrons. The number of nitro benzene ring substituents is 1. The number of hydrogen-bond donors (Lipinski definition) is 1. The van der Waals surface area contributed by atoms with Gasteiger partial charge in [-0.25, -0.2) is 0 Å². The third-order valence-corrected chi connectivity index (χ3v) is 2.07. The van der Waals surface area contributed by atoms with E-state index in [9.17, 15) is 10.1 Å². The monoisotopic (exact) mass is 194 g/mol. The molecule has 1 saturated heterocycles. The number of ether oxygens (including phenoxy) is 1. The Hall–Kier alpha value is -1.62. The summed E-state index contributed by atoms with van der Waals surface area (Å²) in [5.41, 5.74) is 0.878. The summed E-state index contributed by atoms with van der Waals surface area (Å²) in [4.78, 5) is 10.1. The number of hydrogen-bond acceptors (Lipinski definition) is 4. The lowest BCUT2D eigenvalue weighted by molar-refractivity contribution is -0.384. The molecular formula is C9H10N2O3. The van der Waals surface area contributed by atoms with E-state index >= 15 is 0 Å². The van der Waals surface area contributed by atoms with Crippen molar-refractivity contribution in [2.45, 2.75) is 6.04 Å². The van der Waals surface area contributed by atoms with Gasteiger partial charge >= 0.3 is 0 Å². The van der Waals surface area contributed by atoms with Crippen LogP contribution in [0.4, 0.5) is 11.4 Å². The van der Waals surface area contributed by atoms with Crippen LogP contribution in [0.25, 0.3) is 0 Å². The van der Waals surface area contributed by atoms with Gasteiger partial charge in [-0.3, -0.25) is 10.1 Å². The van der Waals surface area contributed by atoms with E-state index in [1.165, 1.54) is 12.1 Å². The maximum absolute atomic E-state index is 10.5. The van der Waals surface area contributed by atoms with Crippen LogP contribution in [-0.4, -0.2) is 24.2 Å². The van der Waals surface area contributed by atoms with Crippen LogP contribution >= 0.6 is 0 Å². The summed E-state index contributed by atoms with van der Waals surface area (Å²) in [7, 11) is 0. The van der Waals surface area contributed by atoms with E-state index in [4.69, 9.17) is 4.74 Å². The Morgan fingerprint density at radius 3 is 2.86 bits per heavy atom. The van der Waals surface area contributed by atoms with Crippen LogP contribution in [0.3, 0.4) is 0 Å². The van der Waals surface area contributed by atoms with E-state index in [0.717, 1.165) is 5.69 Å². The van der Waals surface area contributed by atoms with Crippen molar-refractivity contribution in [3.05, 3.63) is 34.4 Å². The minimum Gasteiger partial charge on any atom is -0.377 e. The Balaban J connectivity index is 2.09. The molecule has 1 aromatic rings. The van der Waals surface area contributed by atoms with Crippen LogP contribution in [0.1, 0.15) is 0 Å². The molecule has 14 heavy (non-hydrogen) atoms. The largest absolute Gasteiger partial charge is 0.377 e. The van der Waals surface area contributed by atoms with Gasteiger partial charge in [0, 0.05) is 17.8 Å². The zero-order chi connectivity index (χ0) is 9.97. The second-order valence-electron chi connectivity index (χ2n) is 3.19. The Kier molecular flexibility index (Phi) is 2.32. The van der Waals surface area contributed by atoms with Crippen molar-refractivity contribution < 1.29 is 9.66 Å². The van der Waals surface area contributed by atoms with E-state index in [1.54, 1.807) is 6.07 Å². The van der Waals surface area contributed by atoms with Gasteiger partial charge in [-0.05, 0) is 6.07 Å². The van der Waals surface area contributed by atoms with Crippen LogP contribution in [0, 0.1) is 10.1 Å². The first-order valence-corrected chi connectivity index (χ1v) is 4.34. The lowest BCUT2D eigenvalue weighted by Gasteiger charge is -2.27. The summed E-state index contributed by atoms with van der Waals surface area (Å²) >= 11 is 0. The average molecular weight is 194 g/mol. The molecule has 0 unspecified atom stereocenters. The molecule has 0 bridgehead atoms. The van der Waals surface area contributed by atoms with Gasteiger partial charge in [-0.1, -0.05) is 6.07 Å². The maximum atomic E-state index is 10.5. The highest BCUT2D eigenvalue weighted by Gasteiger charge is 2.18. The maximum Gasteiger partial charge on any atom is 0.271 e. The van der Waals surface area contributed by atoms with Gasteiger partial charge in [0.25, 0.3) is 5.69 Å². The fraction of sp³-hybridized carbons (Fsp3) is 0.333. The molecule has 5 heteroatoms. The zero-order valence-electron chi connectivity index (χ0n) is 7.47. The summed E-state index contributed by atoms with van der Waals surface area (Å²) in [6.45, 7) is 1.34. The fourth-order valence-corrected chi connectivity index (χ4v) is 1.26. The van der Waals surface area contributed by atoms with E-state index in [-0.39, 0.29) is 11.7 Å². The number of nitro groups is 1. The predicted octanol–water partition coefficient (Wildman–Crippen LogP) is 1.41. The van der Waals surface area contributed by atoms with E-state index in [2.05, 4.69) is 5.32 Å². The van der Waals surface area contributed by atoms with Crippen LogP contribution < -0.4 is 5.32 Å². The first-order chi connectivity index (χ1) is 6.75. The Morgan fingerprint density at radius 1 is 1.50 bits per heavy atom. The zero-order valence-corrected chi connectivity index (χ0v) is 7.47. The Morgan fingerprint density at radius 2 is 2.29 bits per heavy atom. The summed E-state index contributed by atoms with van der Waals surface area (Å²) in [6, 6.07) is 6.77. The molecule has 1 aliphatic rings. The van der Waals surface area contributed by atoms with Gasteiger partial charge < -0.3 is 10.1 Å². The summed E-state index contributed by atoms with van der Waals surface area (Å²) in [6.07, 6.45) is 0. The summed E-state index contributed by atoms with van der Waals surface area (Å²) < 4.78 is 4.99. The lowest BCUT2D eigenvalue weighted by Crippen LogP contribution is -2.40. The van der Waals surface area contributed by atoms with Crippen molar-refractivity contribution >= 4 is 11.4 Å². The number of nitrogens with one attached hydrogen (secondary N) is 1. The van der Waals surface area contributed by atoms with Crippen LogP contribution in [0.5, 0.6) is 0 Å². The molecule has 0 radical (unpaired) electrons. The SMILES string of the molecule is O=[N+]([O-])c1cccc(NC2COC2)c1. The highest BCUT2D eigenvalue weighted by atomic mass is 16.6. The van der Waals surface area contributed by atoms with Gasteiger partial charge in [-0.2, -0.15) is 0 Å². The molecule has 1 N–H and O–H groups in total. The minimum atomic E-state index is -0.400. The molecule has 0 saturated carbocycles. The molecule has 5 nitrogen and oxygen atoms in total. The standard InChI is InChI=1S/C9H10N2O3/c12-11(13)9-3-1-2-7(4-9)10-8-5-14-6-8/h1-4,8,10H,5-6H2. The van der Waals surface area contributed by atoms with E-state index in [0.29, 0.717) is 13.2 Å². The molecule has 0 atom stereocenters. The second-order valence-corrected chi connectivity index (χ2v) is 3.19. The van der Waals surface area contributed by atoms with Crippen molar-refractivity contribution in [3.8, 4) is 0 Å². The molecule has 1 aromatic carbocycles. The van der Waals surface area contributed by atoms with E-state index in [1.807, 2.05) is 6.07 Å². The van der Waals surface area contributed by atoms with Crippen LogP contribution in [0.15, 0.2) is 24.3 Å². The van der Waals surface area contributed by atoms with Crippen LogP contribution in [0.2, 0.25) is 0 Å². The Bertz CT molecular complexity index is 350. The van der Waals surface area contributed by atoms with Crippen molar-refractivity contribution in [3.63, 3.8) is 0 Å². The molecule has 1 aliphatic heterocycles. The number of rotatable bonds is 3. The highest BCUT2D eigenvalue weighted by molar-refractivity contribution is 5.51. The van der Waals surface area contributed by atoms with Gasteiger partial charge in [-0.15, -0.1) is 0 Å². The van der Waals surface area contributed by atoms with Gasteiger partial charge in [0.15, 0.2) is 0 Å². The van der Waals surface area contributed by atoms with Gasteiger partial charge in [0.1, 0.15) is 0 Å². The first-order valence-electron chi connectivity index (χ1n) is 4.34. The molecular weight excluding hydrogens is 184 g/mol. The quantitative estimate of drug-likeness (QED) is 0.583. The second kappa shape index (κ2) is 3.63. The van der Waals surface area contributed by atoms with Crippen molar-refractivity contribution in [2.75, 3.05) is 18.5 Å². The van der Waals surface area contributed by atoms with Gasteiger partial charge in [0.2, 0.25) is 0 Å². The van der Waals surface area contributed by atoms with Crippen LogP contribution in [-0.2, 0) is 4.74 Å². The number of benzene rings is 1. The molecule has 0 aliphatic carbocycles. The number of anilines is 1. The number of non-ortho nitro benzene ring substituents is 1. The summed E-state index contributed by atoms with van der Waals surface area (Å²) in [5, 5.41) is 13.6. The fourth-order valence-electron chi connectivity index (χ4n) is 1.26. The predicted molar refractivity (Wildman–Crippen MR) is 51.3 cm³/mol. The Labute approximate surface area is 80.8 Å². The van der Waals surface area contributed by atoms with E-state index < -0.39 is 4.92 Å². The third-order valence-electron chi connectivity index (χ3n) is 2.07. The lowest BCUT2D eigenvalue weighted by atomic mass is 10.2. The molecule has 0 spiro atoms. The molecule has 2 rings (SSSR count). The normalized spacial score (nSPS) is 16.0. The highest BCUT2D eigenvalue weighted by Crippen LogP contribution is 2.19. The van der Waals surface area contributed by atoms with Crippen molar-refractivity contribution in [1.82, 2.24) is 0 Å². The van der Waals surface area contributed by atoms with Crippen molar-refractivity contribution in [2.24, 2.45) is 0 Å². The average Bonchev–Trinajstić information content (AvgIpc) is 2.12. The molecule has 1 fully saturated rings.